The molecule has 0 spiro atoms. The number of aryl methyl sites for hydroxylation is 2. The van der Waals surface area contributed by atoms with E-state index in [1.54, 1.807) is 13.0 Å². The van der Waals surface area contributed by atoms with Crippen LogP contribution in [0.25, 0.3) is 10.9 Å². The minimum atomic E-state index is -0.323. The second-order valence-electron chi connectivity index (χ2n) is 3.19. The molecule has 13 heavy (non-hydrogen) atoms. The lowest BCUT2D eigenvalue weighted by molar-refractivity contribution is 0.620. The molecule has 68 valence electrons. The molecular formula is C10H9ClFN. The highest BCUT2D eigenvalue weighted by molar-refractivity contribution is 6.35. The van der Waals surface area contributed by atoms with Crippen LogP contribution in [0.4, 0.5) is 4.39 Å². The average molecular weight is 198 g/mol. The molecule has 0 bridgehead atoms. The molecule has 0 radical (unpaired) electrons. The van der Waals surface area contributed by atoms with E-state index in [0.29, 0.717) is 5.56 Å². The van der Waals surface area contributed by atoms with E-state index in [1.165, 1.54) is 0 Å². The zero-order valence-corrected chi connectivity index (χ0v) is 8.19. The van der Waals surface area contributed by atoms with E-state index in [2.05, 4.69) is 0 Å². The number of halogens is 2. The molecule has 0 amide bonds. The minimum Gasteiger partial charge on any atom is -0.349 e. The van der Waals surface area contributed by atoms with Gasteiger partial charge < -0.3 is 4.57 Å². The Hall–Kier alpha value is -1.02. The van der Waals surface area contributed by atoms with E-state index in [1.807, 2.05) is 23.9 Å². The number of hydrogen-bond donors (Lipinski definition) is 0. The van der Waals surface area contributed by atoms with Crippen LogP contribution in [0.5, 0.6) is 0 Å². The van der Waals surface area contributed by atoms with Crippen molar-refractivity contribution >= 4 is 22.5 Å². The van der Waals surface area contributed by atoms with Crippen molar-refractivity contribution < 1.29 is 4.39 Å². The second-order valence-corrected chi connectivity index (χ2v) is 3.56. The zero-order valence-electron chi connectivity index (χ0n) is 7.44. The maximum atomic E-state index is 13.4. The van der Waals surface area contributed by atoms with Crippen LogP contribution in [0.3, 0.4) is 0 Å². The summed E-state index contributed by atoms with van der Waals surface area (Å²) in [6.07, 6.45) is 1.87. The van der Waals surface area contributed by atoms with Gasteiger partial charge in [0.1, 0.15) is 10.8 Å². The molecule has 0 saturated heterocycles. The third kappa shape index (κ3) is 1.13. The molecule has 3 heteroatoms. The smallest absolute Gasteiger partial charge is 0.146 e. The Morgan fingerprint density at radius 3 is 2.85 bits per heavy atom. The minimum absolute atomic E-state index is 0.211. The Kier molecular flexibility index (Phi) is 1.81. The van der Waals surface area contributed by atoms with Gasteiger partial charge in [-0.25, -0.2) is 4.39 Å². The maximum absolute atomic E-state index is 13.4. The molecule has 0 aliphatic rings. The van der Waals surface area contributed by atoms with E-state index in [0.717, 1.165) is 10.9 Å². The maximum Gasteiger partial charge on any atom is 0.146 e. The number of nitrogens with zero attached hydrogens (tertiary/aromatic N) is 1. The molecule has 0 N–H and O–H groups in total. The summed E-state index contributed by atoms with van der Waals surface area (Å²) >= 11 is 5.88. The van der Waals surface area contributed by atoms with Crippen molar-refractivity contribution in [3.8, 4) is 0 Å². The van der Waals surface area contributed by atoms with E-state index >= 15 is 0 Å². The highest BCUT2D eigenvalue weighted by atomic mass is 35.5. The number of aromatic nitrogens is 1. The molecule has 0 unspecified atom stereocenters. The standard InChI is InChI=1S/C10H9ClFN/c1-6-5-7-3-4-13(2)10(7)8(11)9(6)12/h3-5H,1-2H3. The molecule has 1 nitrogen and oxygen atoms in total. The Bertz CT molecular complexity index is 473. The highest BCUT2D eigenvalue weighted by Crippen LogP contribution is 2.28. The van der Waals surface area contributed by atoms with Crippen LogP contribution in [0.2, 0.25) is 5.02 Å². The van der Waals surface area contributed by atoms with Crippen molar-refractivity contribution in [2.45, 2.75) is 6.92 Å². The van der Waals surface area contributed by atoms with Gasteiger partial charge in [-0.1, -0.05) is 11.6 Å². The van der Waals surface area contributed by atoms with E-state index < -0.39 is 0 Å². The third-order valence-electron chi connectivity index (χ3n) is 2.22. The van der Waals surface area contributed by atoms with Crippen LogP contribution in [-0.4, -0.2) is 4.57 Å². The van der Waals surface area contributed by atoms with Crippen molar-refractivity contribution in [1.82, 2.24) is 4.57 Å². The first-order valence-electron chi connectivity index (χ1n) is 4.01. The summed E-state index contributed by atoms with van der Waals surface area (Å²) in [5.41, 5.74) is 1.34. The first-order valence-corrected chi connectivity index (χ1v) is 4.38. The van der Waals surface area contributed by atoms with Crippen LogP contribution >= 0.6 is 11.6 Å². The lowest BCUT2D eigenvalue weighted by Crippen LogP contribution is -1.90. The van der Waals surface area contributed by atoms with Gasteiger partial charge in [-0.3, -0.25) is 0 Å². The summed E-state index contributed by atoms with van der Waals surface area (Å²) in [4.78, 5) is 0. The van der Waals surface area contributed by atoms with E-state index in [4.69, 9.17) is 11.6 Å². The van der Waals surface area contributed by atoms with Crippen LogP contribution < -0.4 is 0 Å². The van der Waals surface area contributed by atoms with Crippen molar-refractivity contribution in [3.63, 3.8) is 0 Å². The summed E-state index contributed by atoms with van der Waals surface area (Å²) in [6, 6.07) is 3.73. The largest absolute Gasteiger partial charge is 0.349 e. The van der Waals surface area contributed by atoms with Crippen molar-refractivity contribution in [3.05, 3.63) is 34.7 Å². The van der Waals surface area contributed by atoms with Crippen molar-refractivity contribution in [1.29, 1.82) is 0 Å². The quantitative estimate of drug-likeness (QED) is 0.611. The van der Waals surface area contributed by atoms with Gasteiger partial charge in [0, 0.05) is 18.6 Å². The van der Waals surface area contributed by atoms with E-state index in [9.17, 15) is 4.39 Å². The van der Waals surface area contributed by atoms with Gasteiger partial charge in [0.15, 0.2) is 0 Å². The summed E-state index contributed by atoms with van der Waals surface area (Å²) in [7, 11) is 1.85. The monoisotopic (exact) mass is 197 g/mol. The van der Waals surface area contributed by atoms with Crippen LogP contribution in [0.1, 0.15) is 5.56 Å². The van der Waals surface area contributed by atoms with Gasteiger partial charge in [-0.2, -0.15) is 0 Å². The van der Waals surface area contributed by atoms with Crippen LogP contribution in [0, 0.1) is 12.7 Å². The molecule has 2 aromatic rings. The van der Waals surface area contributed by atoms with Gasteiger partial charge >= 0.3 is 0 Å². The number of rotatable bonds is 0. The molecule has 0 atom stereocenters. The normalized spacial score (nSPS) is 11.1. The number of benzene rings is 1. The van der Waals surface area contributed by atoms with Gasteiger partial charge in [-0.15, -0.1) is 0 Å². The van der Waals surface area contributed by atoms with Gasteiger partial charge in [0.2, 0.25) is 0 Å². The molecule has 0 saturated carbocycles. The predicted octanol–water partition coefficient (Wildman–Crippen LogP) is 3.28. The van der Waals surface area contributed by atoms with Crippen LogP contribution in [0.15, 0.2) is 18.3 Å². The van der Waals surface area contributed by atoms with Gasteiger partial charge in [0.05, 0.1) is 5.52 Å². The fourth-order valence-electron chi connectivity index (χ4n) is 1.52. The highest BCUT2D eigenvalue weighted by Gasteiger charge is 2.10. The molecule has 0 aliphatic heterocycles. The number of fused-ring (bicyclic) bond motifs is 1. The topological polar surface area (TPSA) is 4.93 Å². The Morgan fingerprint density at radius 2 is 2.15 bits per heavy atom. The second kappa shape index (κ2) is 2.74. The molecular weight excluding hydrogens is 189 g/mol. The fraction of sp³-hybridized carbons (Fsp3) is 0.200. The molecule has 0 fully saturated rings. The summed E-state index contributed by atoms with van der Waals surface area (Å²) in [5.74, 6) is -0.323. The summed E-state index contributed by atoms with van der Waals surface area (Å²) in [6.45, 7) is 1.72. The molecule has 1 heterocycles. The first-order chi connectivity index (χ1) is 6.11. The lowest BCUT2D eigenvalue weighted by Gasteiger charge is -2.03. The van der Waals surface area contributed by atoms with Crippen molar-refractivity contribution in [2.24, 2.45) is 7.05 Å². The average Bonchev–Trinajstić information content (AvgIpc) is 2.43. The summed E-state index contributed by atoms with van der Waals surface area (Å²) < 4.78 is 15.2. The Balaban J connectivity index is 2.97. The van der Waals surface area contributed by atoms with Crippen LogP contribution in [-0.2, 0) is 7.05 Å². The SMILES string of the molecule is Cc1cc2ccn(C)c2c(Cl)c1F. The molecule has 1 aromatic carbocycles. The molecule has 1 aromatic heterocycles. The predicted molar refractivity (Wildman–Crippen MR) is 52.6 cm³/mol. The summed E-state index contributed by atoms with van der Waals surface area (Å²) in [5, 5.41) is 1.19. The number of hydrogen-bond acceptors (Lipinski definition) is 0. The third-order valence-corrected chi connectivity index (χ3v) is 2.57. The Morgan fingerprint density at radius 1 is 1.46 bits per heavy atom. The van der Waals surface area contributed by atoms with Gasteiger partial charge in [-0.05, 0) is 24.6 Å². The van der Waals surface area contributed by atoms with E-state index in [-0.39, 0.29) is 10.8 Å². The molecule has 2 rings (SSSR count). The molecule has 0 aliphatic carbocycles. The lowest BCUT2D eigenvalue weighted by atomic mass is 10.1. The van der Waals surface area contributed by atoms with Gasteiger partial charge in [0.25, 0.3) is 0 Å². The Labute approximate surface area is 80.7 Å². The fourth-order valence-corrected chi connectivity index (χ4v) is 1.91. The zero-order chi connectivity index (χ0) is 9.59. The first kappa shape index (κ1) is 8.57. The van der Waals surface area contributed by atoms with Crippen molar-refractivity contribution in [2.75, 3.05) is 0 Å².